The van der Waals surface area contributed by atoms with E-state index in [4.69, 9.17) is 16.3 Å². The summed E-state index contributed by atoms with van der Waals surface area (Å²) in [6.07, 6.45) is 5.92. The van der Waals surface area contributed by atoms with E-state index in [1.54, 1.807) is 0 Å². The molecule has 0 saturated heterocycles. The quantitative estimate of drug-likeness (QED) is 0.676. The Bertz CT molecular complexity index is 439. The van der Waals surface area contributed by atoms with E-state index >= 15 is 0 Å². The van der Waals surface area contributed by atoms with Crippen molar-refractivity contribution in [3.8, 4) is 5.88 Å². The molecule has 1 heterocycles. The van der Waals surface area contributed by atoms with Gasteiger partial charge >= 0.3 is 0 Å². The number of halogens is 1. The lowest BCUT2D eigenvalue weighted by Crippen LogP contribution is -2.29. The molecule has 1 aromatic heterocycles. The summed E-state index contributed by atoms with van der Waals surface area (Å²) in [6.45, 7) is 5.93. The van der Waals surface area contributed by atoms with Crippen LogP contribution in [0.4, 0.5) is 5.95 Å². The first-order valence-corrected chi connectivity index (χ1v) is 7.91. The van der Waals surface area contributed by atoms with Gasteiger partial charge in [-0.2, -0.15) is 4.98 Å². The van der Waals surface area contributed by atoms with Crippen molar-refractivity contribution in [2.45, 2.75) is 70.4 Å². The van der Waals surface area contributed by atoms with Crippen molar-refractivity contribution in [1.29, 1.82) is 0 Å². The van der Waals surface area contributed by atoms with Crippen molar-refractivity contribution in [2.75, 3.05) is 5.32 Å². The van der Waals surface area contributed by atoms with Gasteiger partial charge in [0.25, 0.3) is 0 Å². The summed E-state index contributed by atoms with van der Waals surface area (Å²) in [5.41, 5.74) is 0.901. The Hall–Kier alpha value is -1.03. The van der Waals surface area contributed by atoms with Crippen LogP contribution >= 0.6 is 11.6 Å². The first-order valence-electron chi connectivity index (χ1n) is 7.47. The normalized spacial score (nSPS) is 23.4. The van der Waals surface area contributed by atoms with Gasteiger partial charge in [-0.05, 0) is 33.6 Å². The molecule has 0 aromatic carbocycles. The molecule has 2 unspecified atom stereocenters. The van der Waals surface area contributed by atoms with Gasteiger partial charge in [0, 0.05) is 17.8 Å². The van der Waals surface area contributed by atoms with E-state index in [1.807, 2.05) is 26.8 Å². The van der Waals surface area contributed by atoms with Crippen LogP contribution < -0.4 is 10.1 Å². The van der Waals surface area contributed by atoms with Gasteiger partial charge in [-0.15, -0.1) is 11.6 Å². The number of aryl methyl sites for hydroxylation is 1. The molecule has 0 bridgehead atoms. The summed E-state index contributed by atoms with van der Waals surface area (Å²) < 4.78 is 5.65. The minimum absolute atomic E-state index is 0.107. The SMILES string of the molecule is Cc1cc(OC(C)C)nc(NC2CCCCCC2Cl)n1. The van der Waals surface area contributed by atoms with Crippen LogP contribution in [0.5, 0.6) is 5.88 Å². The van der Waals surface area contributed by atoms with E-state index in [0.29, 0.717) is 11.8 Å². The van der Waals surface area contributed by atoms with Gasteiger partial charge in [0.05, 0.1) is 11.5 Å². The molecular formula is C15H24ClN3O. The van der Waals surface area contributed by atoms with E-state index in [-0.39, 0.29) is 17.5 Å². The fourth-order valence-electron chi connectivity index (χ4n) is 2.50. The van der Waals surface area contributed by atoms with Crippen molar-refractivity contribution in [3.05, 3.63) is 11.8 Å². The van der Waals surface area contributed by atoms with Crippen LogP contribution in [0.15, 0.2) is 6.07 Å². The lowest BCUT2D eigenvalue weighted by molar-refractivity contribution is 0.232. The Kier molecular flexibility index (Phi) is 5.46. The highest BCUT2D eigenvalue weighted by Crippen LogP contribution is 2.25. The zero-order chi connectivity index (χ0) is 14.5. The summed E-state index contributed by atoms with van der Waals surface area (Å²) in [7, 11) is 0. The topological polar surface area (TPSA) is 47.0 Å². The summed E-state index contributed by atoms with van der Waals surface area (Å²) in [5.74, 6) is 1.24. The van der Waals surface area contributed by atoms with E-state index < -0.39 is 0 Å². The maximum atomic E-state index is 6.45. The Morgan fingerprint density at radius 1 is 1.25 bits per heavy atom. The van der Waals surface area contributed by atoms with Crippen molar-refractivity contribution in [2.24, 2.45) is 0 Å². The van der Waals surface area contributed by atoms with Crippen LogP contribution in [0.2, 0.25) is 0 Å². The molecule has 2 rings (SSSR count). The third-order valence-electron chi connectivity index (χ3n) is 3.43. The molecule has 0 spiro atoms. The van der Waals surface area contributed by atoms with Gasteiger partial charge in [-0.1, -0.05) is 19.3 Å². The fraction of sp³-hybridized carbons (Fsp3) is 0.733. The van der Waals surface area contributed by atoms with Gasteiger partial charge in [-0.3, -0.25) is 0 Å². The molecule has 0 amide bonds. The molecule has 20 heavy (non-hydrogen) atoms. The highest BCUT2D eigenvalue weighted by atomic mass is 35.5. The molecule has 5 heteroatoms. The van der Waals surface area contributed by atoms with Crippen LogP contribution in [0, 0.1) is 6.92 Å². The molecular weight excluding hydrogens is 274 g/mol. The molecule has 1 aromatic rings. The maximum Gasteiger partial charge on any atom is 0.226 e. The van der Waals surface area contributed by atoms with Crippen LogP contribution in [0.1, 0.15) is 51.6 Å². The predicted octanol–water partition coefficient (Wildman–Crippen LogP) is 3.92. The molecule has 4 nitrogen and oxygen atoms in total. The number of nitrogens with one attached hydrogen (secondary N) is 1. The first-order chi connectivity index (χ1) is 9.54. The van der Waals surface area contributed by atoms with Gasteiger partial charge in [0.1, 0.15) is 0 Å². The molecule has 1 saturated carbocycles. The highest BCUT2D eigenvalue weighted by Gasteiger charge is 2.22. The zero-order valence-corrected chi connectivity index (χ0v) is 13.3. The minimum Gasteiger partial charge on any atom is -0.475 e. The number of alkyl halides is 1. The lowest BCUT2D eigenvalue weighted by Gasteiger charge is -2.21. The molecule has 0 aliphatic heterocycles. The highest BCUT2D eigenvalue weighted by molar-refractivity contribution is 6.21. The van der Waals surface area contributed by atoms with Crippen LogP contribution in [-0.4, -0.2) is 27.5 Å². The number of nitrogens with zero attached hydrogens (tertiary/aromatic N) is 2. The number of hydrogen-bond donors (Lipinski definition) is 1. The smallest absolute Gasteiger partial charge is 0.226 e. The second-order valence-electron chi connectivity index (χ2n) is 5.74. The van der Waals surface area contributed by atoms with Crippen LogP contribution in [-0.2, 0) is 0 Å². The van der Waals surface area contributed by atoms with Gasteiger partial charge in [-0.25, -0.2) is 4.98 Å². The molecule has 2 atom stereocenters. The molecule has 1 fully saturated rings. The fourth-order valence-corrected chi connectivity index (χ4v) is 2.84. The van der Waals surface area contributed by atoms with E-state index in [2.05, 4.69) is 15.3 Å². The van der Waals surface area contributed by atoms with Gasteiger partial charge in [0.2, 0.25) is 11.8 Å². The summed E-state index contributed by atoms with van der Waals surface area (Å²) in [4.78, 5) is 8.87. The lowest BCUT2D eigenvalue weighted by atomic mass is 10.1. The molecule has 1 aliphatic rings. The van der Waals surface area contributed by atoms with E-state index in [9.17, 15) is 0 Å². The Balaban J connectivity index is 2.09. The minimum atomic E-state index is 0.107. The third-order valence-corrected chi connectivity index (χ3v) is 3.96. The summed E-state index contributed by atoms with van der Waals surface area (Å²) in [6, 6.07) is 2.10. The largest absolute Gasteiger partial charge is 0.475 e. The van der Waals surface area contributed by atoms with E-state index in [1.165, 1.54) is 19.3 Å². The van der Waals surface area contributed by atoms with E-state index in [0.717, 1.165) is 18.5 Å². The average Bonchev–Trinajstić information content (AvgIpc) is 2.53. The number of ether oxygens (including phenoxy) is 1. The molecule has 1 aliphatic carbocycles. The predicted molar refractivity (Wildman–Crippen MR) is 82.7 cm³/mol. The molecule has 1 N–H and O–H groups in total. The molecule has 112 valence electrons. The monoisotopic (exact) mass is 297 g/mol. The summed E-state index contributed by atoms with van der Waals surface area (Å²) >= 11 is 6.45. The van der Waals surface area contributed by atoms with Crippen molar-refractivity contribution >= 4 is 17.5 Å². The van der Waals surface area contributed by atoms with Gasteiger partial charge < -0.3 is 10.1 Å². The van der Waals surface area contributed by atoms with Crippen LogP contribution in [0.3, 0.4) is 0 Å². The van der Waals surface area contributed by atoms with Crippen LogP contribution in [0.25, 0.3) is 0 Å². The average molecular weight is 298 g/mol. The second kappa shape index (κ2) is 7.11. The Labute approximate surface area is 126 Å². The maximum absolute atomic E-state index is 6.45. The number of anilines is 1. The van der Waals surface area contributed by atoms with Crippen molar-refractivity contribution in [1.82, 2.24) is 9.97 Å². The van der Waals surface area contributed by atoms with Gasteiger partial charge in [0.15, 0.2) is 0 Å². The standard InChI is InChI=1S/C15H24ClN3O/c1-10(2)20-14-9-11(3)17-15(19-14)18-13-8-6-4-5-7-12(13)16/h9-10,12-13H,4-8H2,1-3H3,(H,17,18,19). The number of rotatable bonds is 4. The number of hydrogen-bond acceptors (Lipinski definition) is 4. The summed E-state index contributed by atoms with van der Waals surface area (Å²) in [5, 5.41) is 3.54. The Morgan fingerprint density at radius 3 is 2.75 bits per heavy atom. The molecule has 0 radical (unpaired) electrons. The van der Waals surface area contributed by atoms with Crippen molar-refractivity contribution < 1.29 is 4.74 Å². The second-order valence-corrected chi connectivity index (χ2v) is 6.30. The Morgan fingerprint density at radius 2 is 2.00 bits per heavy atom. The number of aromatic nitrogens is 2. The third kappa shape index (κ3) is 4.51. The zero-order valence-electron chi connectivity index (χ0n) is 12.5. The van der Waals surface area contributed by atoms with Crippen molar-refractivity contribution in [3.63, 3.8) is 0 Å². The first kappa shape index (κ1) is 15.4.